The van der Waals surface area contributed by atoms with E-state index in [0.29, 0.717) is 12.8 Å². The van der Waals surface area contributed by atoms with Gasteiger partial charge in [0.1, 0.15) is 12.6 Å². The zero-order valence-electron chi connectivity index (χ0n) is 34.7. The minimum atomic E-state index is -4.72. The van der Waals surface area contributed by atoms with E-state index in [4.69, 9.17) is 24.8 Å². The lowest BCUT2D eigenvalue weighted by Gasteiger charge is -2.20. The molecule has 0 bridgehead atoms. The van der Waals surface area contributed by atoms with Crippen molar-refractivity contribution in [2.75, 3.05) is 19.8 Å². The van der Waals surface area contributed by atoms with Crippen molar-refractivity contribution in [2.24, 2.45) is 5.73 Å². The molecule has 0 aromatic heterocycles. The fourth-order valence-electron chi connectivity index (χ4n) is 5.48. The van der Waals surface area contributed by atoms with Gasteiger partial charge in [-0.3, -0.25) is 23.4 Å². The molecule has 0 saturated carbocycles. The van der Waals surface area contributed by atoms with E-state index in [0.717, 1.165) is 64.2 Å². The first-order valence-corrected chi connectivity index (χ1v) is 22.9. The number of carboxylic acids is 1. The Morgan fingerprint density at radius 2 is 1.02 bits per heavy atom. The molecule has 0 spiro atoms. The number of allylic oxidation sites excluding steroid dienone is 10. The van der Waals surface area contributed by atoms with Gasteiger partial charge in [-0.15, -0.1) is 0 Å². The number of hydrogen-bond donors (Lipinski definition) is 3. The second-order valence-corrected chi connectivity index (χ2v) is 15.6. The molecule has 0 amide bonds. The number of phosphoric acid groups is 1. The van der Waals surface area contributed by atoms with Crippen LogP contribution in [-0.4, -0.2) is 59.9 Å². The molecular formula is C44H76NO10P. The van der Waals surface area contributed by atoms with Crippen LogP contribution in [0.4, 0.5) is 0 Å². The maximum Gasteiger partial charge on any atom is 0.472 e. The summed E-state index contributed by atoms with van der Waals surface area (Å²) < 4.78 is 32.6. The monoisotopic (exact) mass is 810 g/mol. The molecule has 1 unspecified atom stereocenters. The van der Waals surface area contributed by atoms with Crippen LogP contribution in [-0.2, 0) is 37.5 Å². The van der Waals surface area contributed by atoms with E-state index >= 15 is 0 Å². The molecule has 0 rings (SSSR count). The molecule has 4 N–H and O–H groups in total. The molecule has 0 saturated heterocycles. The molecule has 0 heterocycles. The Labute approximate surface area is 338 Å². The van der Waals surface area contributed by atoms with E-state index in [1.807, 2.05) is 36.5 Å². The number of phosphoric ester groups is 1. The molecule has 3 atom stereocenters. The molecule has 0 aliphatic carbocycles. The standard InChI is InChI=1S/C44H76NO10P/c1-3-5-7-9-11-13-15-17-19-20-22-23-25-27-29-31-33-35-42(46)52-37-40(38-53-56(50,51)54-39-41(45)44(48)49)55-43(47)36-34-32-30-28-26-24-21-18-16-14-12-10-8-6-4-2/h6,8,10,12,14,16-19,21,40-41H,3-5,7,9,11,13,15,20,22-39,45H2,1-2H3,(H,48,49)(H,50,51)/b8-6+,12-10+,16-14+,19-17+,21-18+/t40-,41+/m1/s1. The van der Waals surface area contributed by atoms with Crippen molar-refractivity contribution in [1.29, 1.82) is 0 Å². The summed E-state index contributed by atoms with van der Waals surface area (Å²) in [5.41, 5.74) is 5.33. The van der Waals surface area contributed by atoms with Crippen LogP contribution in [0.1, 0.15) is 168 Å². The second-order valence-electron chi connectivity index (χ2n) is 14.2. The molecule has 56 heavy (non-hydrogen) atoms. The summed E-state index contributed by atoms with van der Waals surface area (Å²) in [7, 11) is -4.72. The third-order valence-electron chi connectivity index (χ3n) is 8.84. The number of carbonyl (C=O) groups is 3. The average Bonchev–Trinajstić information content (AvgIpc) is 3.17. The first kappa shape index (κ1) is 53.2. The van der Waals surface area contributed by atoms with Gasteiger partial charge in [0, 0.05) is 12.8 Å². The van der Waals surface area contributed by atoms with E-state index in [-0.39, 0.29) is 19.4 Å². The largest absolute Gasteiger partial charge is 0.480 e. The fourth-order valence-corrected chi connectivity index (χ4v) is 6.26. The molecule has 0 aromatic rings. The summed E-state index contributed by atoms with van der Waals surface area (Å²) in [5, 5.41) is 8.88. The van der Waals surface area contributed by atoms with Crippen LogP contribution in [0.15, 0.2) is 60.8 Å². The molecule has 0 radical (unpaired) electrons. The van der Waals surface area contributed by atoms with Crippen molar-refractivity contribution in [2.45, 2.75) is 180 Å². The number of rotatable bonds is 39. The average molecular weight is 810 g/mol. The summed E-state index contributed by atoms with van der Waals surface area (Å²) in [4.78, 5) is 45.9. The van der Waals surface area contributed by atoms with Crippen molar-refractivity contribution in [3.8, 4) is 0 Å². The van der Waals surface area contributed by atoms with Crippen molar-refractivity contribution < 1.29 is 47.5 Å². The number of aliphatic carboxylic acids is 1. The van der Waals surface area contributed by atoms with E-state index in [9.17, 15) is 23.8 Å². The zero-order valence-corrected chi connectivity index (χ0v) is 35.6. The van der Waals surface area contributed by atoms with Gasteiger partial charge in [0.25, 0.3) is 0 Å². The molecule has 11 nitrogen and oxygen atoms in total. The lowest BCUT2D eigenvalue weighted by molar-refractivity contribution is -0.161. The number of ether oxygens (including phenoxy) is 2. The second kappa shape index (κ2) is 39.0. The van der Waals surface area contributed by atoms with Gasteiger partial charge in [0.15, 0.2) is 6.10 Å². The maximum atomic E-state index is 12.6. The third kappa shape index (κ3) is 38.1. The lowest BCUT2D eigenvalue weighted by Crippen LogP contribution is -2.34. The Morgan fingerprint density at radius 3 is 1.55 bits per heavy atom. The predicted molar refractivity (Wildman–Crippen MR) is 226 cm³/mol. The minimum Gasteiger partial charge on any atom is -0.480 e. The van der Waals surface area contributed by atoms with Crippen LogP contribution in [0.3, 0.4) is 0 Å². The van der Waals surface area contributed by atoms with E-state index < -0.39 is 51.1 Å². The van der Waals surface area contributed by atoms with Crippen molar-refractivity contribution in [3.63, 3.8) is 0 Å². The van der Waals surface area contributed by atoms with Crippen LogP contribution in [0, 0.1) is 0 Å². The van der Waals surface area contributed by atoms with Crippen LogP contribution in [0.5, 0.6) is 0 Å². The summed E-state index contributed by atoms with van der Waals surface area (Å²) >= 11 is 0. The van der Waals surface area contributed by atoms with Gasteiger partial charge in [-0.1, -0.05) is 158 Å². The zero-order chi connectivity index (χ0) is 41.4. The highest BCUT2D eigenvalue weighted by Crippen LogP contribution is 2.43. The van der Waals surface area contributed by atoms with Crippen molar-refractivity contribution >= 4 is 25.7 Å². The van der Waals surface area contributed by atoms with E-state index in [1.54, 1.807) is 0 Å². The summed E-state index contributed by atoms with van der Waals surface area (Å²) in [5.74, 6) is -2.42. The Bertz CT molecular complexity index is 1180. The van der Waals surface area contributed by atoms with Crippen LogP contribution >= 0.6 is 7.82 Å². The number of esters is 2. The van der Waals surface area contributed by atoms with Crippen LogP contribution < -0.4 is 5.73 Å². The Morgan fingerprint density at radius 1 is 0.571 bits per heavy atom. The van der Waals surface area contributed by atoms with Crippen LogP contribution in [0.2, 0.25) is 0 Å². The van der Waals surface area contributed by atoms with Gasteiger partial charge in [-0.2, -0.15) is 0 Å². The molecule has 322 valence electrons. The van der Waals surface area contributed by atoms with Gasteiger partial charge < -0.3 is 25.2 Å². The van der Waals surface area contributed by atoms with Gasteiger partial charge in [0.2, 0.25) is 0 Å². The van der Waals surface area contributed by atoms with Gasteiger partial charge in [-0.25, -0.2) is 4.57 Å². The molecule has 0 aliphatic rings. The minimum absolute atomic E-state index is 0.132. The van der Waals surface area contributed by atoms with E-state index in [2.05, 4.69) is 42.7 Å². The molecular weight excluding hydrogens is 733 g/mol. The Kier molecular flexibility index (Phi) is 37.1. The number of carboxylic acid groups (broad SMARTS) is 1. The predicted octanol–water partition coefficient (Wildman–Crippen LogP) is 11.2. The normalized spacial score (nSPS) is 14.4. The Hall–Kier alpha value is -2.82. The highest BCUT2D eigenvalue weighted by molar-refractivity contribution is 7.47. The number of unbranched alkanes of at least 4 members (excludes halogenated alkanes) is 18. The van der Waals surface area contributed by atoms with E-state index in [1.165, 1.54) is 64.2 Å². The maximum absolute atomic E-state index is 12.6. The smallest absolute Gasteiger partial charge is 0.472 e. The van der Waals surface area contributed by atoms with Gasteiger partial charge in [-0.05, 0) is 57.8 Å². The van der Waals surface area contributed by atoms with Crippen molar-refractivity contribution in [1.82, 2.24) is 0 Å². The molecule has 0 fully saturated rings. The summed E-state index contributed by atoms with van der Waals surface area (Å²) in [6, 6.07) is -1.53. The molecule has 12 heteroatoms. The van der Waals surface area contributed by atoms with Crippen molar-refractivity contribution in [3.05, 3.63) is 60.8 Å². The third-order valence-corrected chi connectivity index (χ3v) is 9.79. The van der Waals surface area contributed by atoms with Gasteiger partial charge >= 0.3 is 25.7 Å². The first-order valence-electron chi connectivity index (χ1n) is 21.4. The summed E-state index contributed by atoms with van der Waals surface area (Å²) in [6.07, 6.45) is 44.2. The highest BCUT2D eigenvalue weighted by atomic mass is 31.2. The first-order chi connectivity index (χ1) is 27.1. The summed E-state index contributed by atoms with van der Waals surface area (Å²) in [6.45, 7) is 2.62. The number of nitrogens with two attached hydrogens (primary N) is 1. The van der Waals surface area contributed by atoms with Crippen LogP contribution in [0.25, 0.3) is 0 Å². The highest BCUT2D eigenvalue weighted by Gasteiger charge is 2.28. The van der Waals surface area contributed by atoms with Gasteiger partial charge in [0.05, 0.1) is 13.2 Å². The fraction of sp³-hybridized carbons (Fsp3) is 0.705. The topological polar surface area (TPSA) is 172 Å². The number of carbonyl (C=O) groups excluding carboxylic acids is 2. The SMILES string of the molecule is CC/C=C/C=C/C=C/C=C/CCCCCCCC(=O)O[C@H](COC(=O)CCCCCCCCC/C=C/CCCCCCCC)COP(=O)(O)OC[C@H](N)C(=O)O. The lowest BCUT2D eigenvalue weighted by atomic mass is 10.1. The molecule has 0 aromatic carbocycles. The molecule has 0 aliphatic heterocycles. The number of hydrogen-bond acceptors (Lipinski definition) is 9. The Balaban J connectivity index is 4.41. The quantitative estimate of drug-likeness (QED) is 0.0177.